The van der Waals surface area contributed by atoms with Crippen LogP contribution in [0.5, 0.6) is 5.75 Å². The molecule has 0 saturated heterocycles. The van der Waals surface area contributed by atoms with E-state index in [1.54, 1.807) is 30.3 Å². The third kappa shape index (κ3) is 3.57. The van der Waals surface area contributed by atoms with Crippen LogP contribution in [-0.2, 0) is 0 Å². The number of hydrogen-bond acceptors (Lipinski definition) is 4. The molecule has 3 aromatic carbocycles. The van der Waals surface area contributed by atoms with Gasteiger partial charge < -0.3 is 14.5 Å². The summed E-state index contributed by atoms with van der Waals surface area (Å²) in [7, 11) is 1.51. The summed E-state index contributed by atoms with van der Waals surface area (Å²) in [5, 5.41) is 3.31. The summed E-state index contributed by atoms with van der Waals surface area (Å²) < 4.78 is 11.1. The Morgan fingerprint density at radius 2 is 1.86 bits per heavy atom. The second-order valence-corrected chi connectivity index (χ2v) is 6.80. The van der Waals surface area contributed by atoms with Gasteiger partial charge in [0.25, 0.3) is 5.91 Å². The molecule has 5 nitrogen and oxygen atoms in total. The van der Waals surface area contributed by atoms with E-state index >= 15 is 0 Å². The number of halogens is 1. The van der Waals surface area contributed by atoms with Crippen LogP contribution in [-0.4, -0.2) is 18.0 Å². The zero-order chi connectivity index (χ0) is 19.7. The average Bonchev–Trinajstić information content (AvgIpc) is 3.11. The number of aromatic nitrogens is 1. The number of carbonyl (C=O) groups is 1. The molecule has 0 aliphatic heterocycles. The first-order valence-electron chi connectivity index (χ1n) is 8.66. The Balaban J connectivity index is 1.56. The van der Waals surface area contributed by atoms with E-state index in [1.807, 2.05) is 37.3 Å². The van der Waals surface area contributed by atoms with Crippen LogP contribution in [0.15, 0.2) is 65.1 Å². The van der Waals surface area contributed by atoms with Gasteiger partial charge in [-0.2, -0.15) is 0 Å². The maximum Gasteiger partial charge on any atom is 0.259 e. The van der Waals surface area contributed by atoms with Gasteiger partial charge in [0.05, 0.1) is 12.7 Å². The van der Waals surface area contributed by atoms with Crippen LogP contribution in [0.25, 0.3) is 22.6 Å². The van der Waals surface area contributed by atoms with Crippen LogP contribution in [0, 0.1) is 6.92 Å². The first kappa shape index (κ1) is 18.1. The molecule has 1 aromatic heterocycles. The van der Waals surface area contributed by atoms with Crippen molar-refractivity contribution in [1.82, 2.24) is 4.98 Å². The summed E-state index contributed by atoms with van der Waals surface area (Å²) in [5.74, 6) is 0.694. The van der Waals surface area contributed by atoms with Crippen molar-refractivity contribution in [3.63, 3.8) is 0 Å². The predicted molar refractivity (Wildman–Crippen MR) is 110 cm³/mol. The zero-order valence-corrected chi connectivity index (χ0v) is 16.1. The first-order chi connectivity index (χ1) is 13.5. The molecule has 0 aliphatic carbocycles. The quantitative estimate of drug-likeness (QED) is 0.482. The molecular weight excluding hydrogens is 376 g/mol. The Labute approximate surface area is 166 Å². The fraction of sp³-hybridized carbons (Fsp3) is 0.0909. The highest BCUT2D eigenvalue weighted by Crippen LogP contribution is 2.27. The first-order valence-corrected chi connectivity index (χ1v) is 9.04. The van der Waals surface area contributed by atoms with Gasteiger partial charge >= 0.3 is 0 Å². The molecule has 0 atom stereocenters. The molecular formula is C22H17ClN2O3. The number of hydrogen-bond donors (Lipinski definition) is 1. The lowest BCUT2D eigenvalue weighted by atomic mass is 10.1. The Bertz CT molecular complexity index is 1170. The molecule has 0 unspecified atom stereocenters. The van der Waals surface area contributed by atoms with E-state index in [9.17, 15) is 4.79 Å². The number of amides is 1. The Morgan fingerprint density at radius 3 is 2.61 bits per heavy atom. The van der Waals surface area contributed by atoms with Gasteiger partial charge in [-0.3, -0.25) is 4.79 Å². The third-order valence-corrected chi connectivity index (χ3v) is 4.57. The largest absolute Gasteiger partial charge is 0.496 e. The fourth-order valence-electron chi connectivity index (χ4n) is 2.91. The molecule has 0 fully saturated rings. The van der Waals surface area contributed by atoms with E-state index in [4.69, 9.17) is 20.8 Å². The van der Waals surface area contributed by atoms with Crippen LogP contribution >= 0.6 is 11.6 Å². The number of nitrogens with zero attached hydrogens (tertiary/aromatic N) is 1. The van der Waals surface area contributed by atoms with Gasteiger partial charge in [-0.15, -0.1) is 0 Å². The van der Waals surface area contributed by atoms with E-state index in [2.05, 4.69) is 10.3 Å². The molecule has 4 rings (SSSR count). The number of rotatable bonds is 4. The molecule has 28 heavy (non-hydrogen) atoms. The van der Waals surface area contributed by atoms with Gasteiger partial charge in [-0.1, -0.05) is 17.7 Å². The van der Waals surface area contributed by atoms with Gasteiger partial charge in [-0.05, 0) is 67.1 Å². The van der Waals surface area contributed by atoms with E-state index in [1.165, 1.54) is 7.11 Å². The van der Waals surface area contributed by atoms with Crippen LogP contribution in [0.3, 0.4) is 0 Å². The molecule has 0 aliphatic rings. The van der Waals surface area contributed by atoms with Gasteiger partial charge in [-0.25, -0.2) is 4.98 Å². The molecule has 1 amide bonds. The summed E-state index contributed by atoms with van der Waals surface area (Å²) in [6.45, 7) is 2.01. The van der Waals surface area contributed by atoms with Crippen molar-refractivity contribution in [3.8, 4) is 17.2 Å². The lowest BCUT2D eigenvalue weighted by Gasteiger charge is -2.10. The van der Waals surface area contributed by atoms with Crippen LogP contribution in [0.2, 0.25) is 5.02 Å². The summed E-state index contributed by atoms with van der Waals surface area (Å²) in [4.78, 5) is 17.1. The molecule has 1 heterocycles. The van der Waals surface area contributed by atoms with Crippen molar-refractivity contribution in [3.05, 3.63) is 76.8 Å². The molecule has 0 spiro atoms. The van der Waals surface area contributed by atoms with Gasteiger partial charge in [0, 0.05) is 16.3 Å². The Hall–Kier alpha value is -3.31. The van der Waals surface area contributed by atoms with Gasteiger partial charge in [0.2, 0.25) is 5.89 Å². The molecule has 0 saturated carbocycles. The van der Waals surface area contributed by atoms with Crippen molar-refractivity contribution in [2.24, 2.45) is 0 Å². The summed E-state index contributed by atoms with van der Waals surface area (Å²) in [5.41, 5.74) is 4.51. The number of ether oxygens (including phenoxy) is 1. The topological polar surface area (TPSA) is 64.4 Å². The monoisotopic (exact) mass is 392 g/mol. The second kappa shape index (κ2) is 7.37. The van der Waals surface area contributed by atoms with E-state index in [0.717, 1.165) is 22.2 Å². The van der Waals surface area contributed by atoms with Crippen LogP contribution in [0.4, 0.5) is 5.69 Å². The fourth-order valence-corrected chi connectivity index (χ4v) is 3.08. The summed E-state index contributed by atoms with van der Waals surface area (Å²) >= 11 is 6.00. The number of methoxy groups -OCH3 is 1. The molecule has 0 radical (unpaired) electrons. The maximum absolute atomic E-state index is 12.6. The molecule has 4 aromatic rings. The Morgan fingerprint density at radius 1 is 1.07 bits per heavy atom. The lowest BCUT2D eigenvalue weighted by molar-refractivity contribution is 0.102. The van der Waals surface area contributed by atoms with E-state index in [-0.39, 0.29) is 5.91 Å². The summed E-state index contributed by atoms with van der Waals surface area (Å²) in [6.07, 6.45) is 0. The van der Waals surface area contributed by atoms with Crippen molar-refractivity contribution < 1.29 is 13.9 Å². The number of benzene rings is 3. The van der Waals surface area contributed by atoms with Crippen molar-refractivity contribution in [2.75, 3.05) is 12.4 Å². The number of oxazole rings is 1. The van der Waals surface area contributed by atoms with Crippen LogP contribution < -0.4 is 10.1 Å². The zero-order valence-electron chi connectivity index (χ0n) is 15.3. The standard InChI is InChI=1S/C22H17ClN2O3/c1-13-3-9-18-20(11-13)28-22(25-18)14-4-7-16(8-5-14)24-21(26)17-12-15(23)6-10-19(17)27-2/h3-12H,1-2H3,(H,24,26). The van der Waals surface area contributed by atoms with Crippen molar-refractivity contribution >= 4 is 34.3 Å². The molecule has 0 bridgehead atoms. The normalized spacial score (nSPS) is 10.8. The number of anilines is 1. The van der Waals surface area contributed by atoms with E-state index < -0.39 is 0 Å². The summed E-state index contributed by atoms with van der Waals surface area (Å²) in [6, 6.07) is 18.1. The van der Waals surface area contributed by atoms with Crippen LogP contribution in [0.1, 0.15) is 15.9 Å². The maximum atomic E-state index is 12.6. The molecule has 6 heteroatoms. The minimum atomic E-state index is -0.301. The smallest absolute Gasteiger partial charge is 0.259 e. The van der Waals surface area contributed by atoms with Crippen molar-refractivity contribution in [1.29, 1.82) is 0 Å². The van der Waals surface area contributed by atoms with Gasteiger partial charge in [0.1, 0.15) is 11.3 Å². The van der Waals surface area contributed by atoms with Crippen molar-refractivity contribution in [2.45, 2.75) is 6.92 Å². The average molecular weight is 393 g/mol. The highest BCUT2D eigenvalue weighted by molar-refractivity contribution is 6.31. The number of nitrogens with one attached hydrogen (secondary N) is 1. The Kier molecular flexibility index (Phi) is 4.75. The minimum absolute atomic E-state index is 0.301. The number of aryl methyl sites for hydroxylation is 1. The van der Waals surface area contributed by atoms with Gasteiger partial charge in [0.15, 0.2) is 5.58 Å². The number of carbonyl (C=O) groups excluding carboxylic acids is 1. The van der Waals surface area contributed by atoms with E-state index in [0.29, 0.717) is 27.9 Å². The third-order valence-electron chi connectivity index (χ3n) is 4.34. The minimum Gasteiger partial charge on any atom is -0.496 e. The SMILES string of the molecule is COc1ccc(Cl)cc1C(=O)Nc1ccc(-c2nc3ccc(C)cc3o2)cc1. The molecule has 1 N–H and O–H groups in total. The highest BCUT2D eigenvalue weighted by Gasteiger charge is 2.14. The predicted octanol–water partition coefficient (Wildman–Crippen LogP) is 5.72. The lowest BCUT2D eigenvalue weighted by Crippen LogP contribution is -2.13. The molecule has 140 valence electrons. The second-order valence-electron chi connectivity index (χ2n) is 6.37. The number of fused-ring (bicyclic) bond motifs is 1. The highest BCUT2D eigenvalue weighted by atomic mass is 35.5.